The number of fused-ring (bicyclic) bond motifs is 1. The number of amides is 2. The lowest BCUT2D eigenvalue weighted by Gasteiger charge is -2.16. The maximum Gasteiger partial charge on any atom is 0.254 e. The molecular formula is C26H21N3O3. The zero-order valence-electron chi connectivity index (χ0n) is 17.2. The first-order valence-electron chi connectivity index (χ1n) is 10.2. The van der Waals surface area contributed by atoms with Crippen LogP contribution in [0.5, 0.6) is 0 Å². The fourth-order valence-corrected chi connectivity index (χ4v) is 3.53. The number of carbonyl (C=O) groups is 3. The second kappa shape index (κ2) is 9.22. The van der Waals surface area contributed by atoms with Gasteiger partial charge in [0, 0.05) is 29.1 Å². The maximum absolute atomic E-state index is 12.9. The molecule has 32 heavy (non-hydrogen) atoms. The molecule has 0 spiro atoms. The molecule has 0 bridgehead atoms. The first-order chi connectivity index (χ1) is 15.5. The molecule has 0 saturated heterocycles. The molecule has 0 fully saturated rings. The van der Waals surface area contributed by atoms with Gasteiger partial charge in [-0.15, -0.1) is 0 Å². The molecule has 0 aliphatic heterocycles. The highest BCUT2D eigenvalue weighted by atomic mass is 16.2. The molecule has 0 saturated carbocycles. The van der Waals surface area contributed by atoms with Gasteiger partial charge in [0.1, 0.15) is 6.04 Å². The molecule has 1 aromatic heterocycles. The van der Waals surface area contributed by atoms with Crippen LogP contribution >= 0.6 is 0 Å². The molecule has 6 nitrogen and oxygen atoms in total. The molecular weight excluding hydrogens is 402 g/mol. The molecule has 0 aliphatic carbocycles. The number of nitrogens with two attached hydrogens (primary N) is 1. The first kappa shape index (κ1) is 20.9. The van der Waals surface area contributed by atoms with Crippen molar-refractivity contribution in [2.75, 3.05) is 0 Å². The summed E-state index contributed by atoms with van der Waals surface area (Å²) in [7, 11) is 0. The van der Waals surface area contributed by atoms with Crippen molar-refractivity contribution in [2.45, 2.75) is 12.5 Å². The van der Waals surface area contributed by atoms with Crippen LogP contribution < -0.4 is 11.1 Å². The third-order valence-corrected chi connectivity index (χ3v) is 5.22. The number of pyridine rings is 1. The number of aromatic nitrogens is 1. The fourth-order valence-electron chi connectivity index (χ4n) is 3.53. The van der Waals surface area contributed by atoms with E-state index >= 15 is 0 Å². The Labute approximate surface area is 185 Å². The molecule has 1 heterocycles. The highest BCUT2D eigenvalue weighted by Gasteiger charge is 2.21. The SMILES string of the molecule is NC(=O)[C@@H](Cc1ccc(C(=O)c2ccccc2)cc1)NC(=O)c1cccc2cccnc12. The zero-order valence-corrected chi connectivity index (χ0v) is 17.2. The van der Waals surface area contributed by atoms with Crippen LogP contribution in [0.15, 0.2) is 91.1 Å². The van der Waals surface area contributed by atoms with Gasteiger partial charge < -0.3 is 11.1 Å². The van der Waals surface area contributed by atoms with Crippen molar-refractivity contribution >= 4 is 28.5 Å². The number of para-hydroxylation sites is 1. The molecule has 6 heteroatoms. The number of hydrogen-bond donors (Lipinski definition) is 2. The van der Waals surface area contributed by atoms with Crippen molar-refractivity contribution < 1.29 is 14.4 Å². The van der Waals surface area contributed by atoms with E-state index in [2.05, 4.69) is 10.3 Å². The number of nitrogens with zero attached hydrogens (tertiary/aromatic N) is 1. The van der Waals surface area contributed by atoms with E-state index in [1.54, 1.807) is 60.8 Å². The normalized spacial score (nSPS) is 11.6. The second-order valence-electron chi connectivity index (χ2n) is 7.41. The molecule has 4 rings (SSSR count). The quantitative estimate of drug-likeness (QED) is 0.445. The van der Waals surface area contributed by atoms with E-state index in [-0.39, 0.29) is 12.2 Å². The van der Waals surface area contributed by atoms with Crippen molar-refractivity contribution in [3.8, 4) is 0 Å². The van der Waals surface area contributed by atoms with Gasteiger partial charge in [-0.1, -0.05) is 72.8 Å². The number of carbonyl (C=O) groups excluding carboxylic acids is 3. The summed E-state index contributed by atoms with van der Waals surface area (Å²) in [5, 5.41) is 3.54. The minimum atomic E-state index is -0.905. The van der Waals surface area contributed by atoms with Gasteiger partial charge in [-0.2, -0.15) is 0 Å². The number of primary amides is 1. The lowest BCUT2D eigenvalue weighted by Crippen LogP contribution is -2.45. The molecule has 4 aromatic rings. The Hall–Kier alpha value is -4.32. The summed E-state index contributed by atoms with van der Waals surface area (Å²) in [5.41, 5.74) is 8.40. The first-order valence-corrected chi connectivity index (χ1v) is 10.2. The van der Waals surface area contributed by atoms with Crippen LogP contribution in [-0.2, 0) is 11.2 Å². The van der Waals surface area contributed by atoms with Crippen LogP contribution in [0.25, 0.3) is 10.9 Å². The Morgan fingerprint density at radius 1 is 0.812 bits per heavy atom. The maximum atomic E-state index is 12.9. The van der Waals surface area contributed by atoms with Gasteiger partial charge in [-0.25, -0.2) is 0 Å². The van der Waals surface area contributed by atoms with E-state index in [1.165, 1.54) is 0 Å². The lowest BCUT2D eigenvalue weighted by molar-refractivity contribution is -0.119. The van der Waals surface area contributed by atoms with E-state index in [9.17, 15) is 14.4 Å². The molecule has 3 aromatic carbocycles. The number of rotatable bonds is 7. The highest BCUT2D eigenvalue weighted by molar-refractivity contribution is 6.09. The van der Waals surface area contributed by atoms with E-state index in [0.29, 0.717) is 22.2 Å². The lowest BCUT2D eigenvalue weighted by atomic mass is 9.99. The van der Waals surface area contributed by atoms with Crippen molar-refractivity contribution in [2.24, 2.45) is 5.73 Å². The summed E-state index contributed by atoms with van der Waals surface area (Å²) in [6.07, 6.45) is 1.82. The van der Waals surface area contributed by atoms with Gasteiger partial charge in [0.2, 0.25) is 5.91 Å². The molecule has 0 unspecified atom stereocenters. The smallest absolute Gasteiger partial charge is 0.254 e. The van der Waals surface area contributed by atoms with E-state index in [4.69, 9.17) is 5.73 Å². The van der Waals surface area contributed by atoms with Gasteiger partial charge in [0.15, 0.2) is 5.78 Å². The predicted molar refractivity (Wildman–Crippen MR) is 122 cm³/mol. The standard InChI is InChI=1S/C26H21N3O3/c27-25(31)22(29-26(32)21-10-4-8-18-9-5-15-28-23(18)21)16-17-11-13-20(14-12-17)24(30)19-6-2-1-3-7-19/h1-15,22H,16H2,(H2,27,31)(H,29,32)/t22-/m1/s1. The molecule has 3 N–H and O–H groups in total. The number of nitrogens with one attached hydrogen (secondary N) is 1. The summed E-state index contributed by atoms with van der Waals surface area (Å²) in [6.45, 7) is 0. The molecule has 0 aliphatic rings. The highest BCUT2D eigenvalue weighted by Crippen LogP contribution is 2.17. The zero-order chi connectivity index (χ0) is 22.5. The van der Waals surface area contributed by atoms with Gasteiger partial charge in [0.25, 0.3) is 5.91 Å². The largest absolute Gasteiger partial charge is 0.368 e. The van der Waals surface area contributed by atoms with Crippen LogP contribution in [-0.4, -0.2) is 28.6 Å². The van der Waals surface area contributed by atoms with Gasteiger partial charge in [-0.3, -0.25) is 19.4 Å². The molecule has 1 atom stereocenters. The Bertz CT molecular complexity index is 1280. The van der Waals surface area contributed by atoms with Crippen LogP contribution in [0.2, 0.25) is 0 Å². The Balaban J connectivity index is 1.49. The summed E-state index contributed by atoms with van der Waals surface area (Å²) in [6, 6.07) is 24.0. The topological polar surface area (TPSA) is 102 Å². The van der Waals surface area contributed by atoms with Gasteiger partial charge >= 0.3 is 0 Å². The number of hydrogen-bond acceptors (Lipinski definition) is 4. The Kier molecular flexibility index (Phi) is 6.03. The number of ketones is 1. The fraction of sp³-hybridized carbons (Fsp3) is 0.0769. The minimum absolute atomic E-state index is 0.0830. The van der Waals surface area contributed by atoms with Crippen LogP contribution in [0.3, 0.4) is 0 Å². The van der Waals surface area contributed by atoms with E-state index in [1.807, 2.05) is 30.3 Å². The van der Waals surface area contributed by atoms with Crippen LogP contribution in [0.4, 0.5) is 0 Å². The third-order valence-electron chi connectivity index (χ3n) is 5.22. The Morgan fingerprint density at radius 2 is 1.50 bits per heavy atom. The van der Waals surface area contributed by atoms with E-state index < -0.39 is 17.9 Å². The summed E-state index contributed by atoms with van der Waals surface area (Å²) in [4.78, 5) is 41.7. The molecule has 158 valence electrons. The average molecular weight is 423 g/mol. The molecule has 2 amide bonds. The monoisotopic (exact) mass is 423 g/mol. The van der Waals surface area contributed by atoms with Crippen LogP contribution in [0, 0.1) is 0 Å². The molecule has 0 radical (unpaired) electrons. The number of benzene rings is 3. The summed E-state index contributed by atoms with van der Waals surface area (Å²) < 4.78 is 0. The summed E-state index contributed by atoms with van der Waals surface area (Å²) in [5.74, 6) is -1.15. The second-order valence-corrected chi connectivity index (χ2v) is 7.41. The van der Waals surface area contributed by atoms with Crippen LogP contribution in [0.1, 0.15) is 31.8 Å². The Morgan fingerprint density at radius 3 is 2.22 bits per heavy atom. The van der Waals surface area contributed by atoms with E-state index in [0.717, 1.165) is 10.9 Å². The van der Waals surface area contributed by atoms with Crippen molar-refractivity contribution in [3.63, 3.8) is 0 Å². The van der Waals surface area contributed by atoms with Crippen molar-refractivity contribution in [1.82, 2.24) is 10.3 Å². The van der Waals surface area contributed by atoms with Crippen molar-refractivity contribution in [3.05, 3.63) is 113 Å². The minimum Gasteiger partial charge on any atom is -0.368 e. The van der Waals surface area contributed by atoms with Gasteiger partial charge in [0.05, 0.1) is 11.1 Å². The van der Waals surface area contributed by atoms with Crippen molar-refractivity contribution in [1.29, 1.82) is 0 Å². The average Bonchev–Trinajstić information content (AvgIpc) is 2.83. The predicted octanol–water partition coefficient (Wildman–Crippen LogP) is 3.29. The summed E-state index contributed by atoms with van der Waals surface area (Å²) >= 11 is 0. The van der Waals surface area contributed by atoms with Gasteiger partial charge in [-0.05, 0) is 17.7 Å². The third kappa shape index (κ3) is 4.54.